The third-order valence-electron chi connectivity index (χ3n) is 3.19. The Bertz CT molecular complexity index is 685. The summed E-state index contributed by atoms with van der Waals surface area (Å²) in [7, 11) is 0. The van der Waals surface area contributed by atoms with Gasteiger partial charge in [-0.1, -0.05) is 0 Å². The Morgan fingerprint density at radius 2 is 1.95 bits per heavy atom. The van der Waals surface area contributed by atoms with Crippen molar-refractivity contribution in [3.05, 3.63) is 51.7 Å². The molecule has 1 aromatic heterocycles. The Morgan fingerprint density at radius 1 is 1.14 bits per heavy atom. The monoisotopic (exact) mass is 300 g/mol. The fourth-order valence-corrected chi connectivity index (χ4v) is 2.89. The Balaban J connectivity index is 1.78. The number of ketones is 1. The van der Waals surface area contributed by atoms with Crippen LogP contribution in [0.4, 0.5) is 0 Å². The van der Waals surface area contributed by atoms with E-state index in [0.29, 0.717) is 30.3 Å². The molecule has 21 heavy (non-hydrogen) atoms. The summed E-state index contributed by atoms with van der Waals surface area (Å²) in [4.78, 5) is 14.5. The number of hydrogen-bond donors (Lipinski definition) is 0. The van der Waals surface area contributed by atoms with Crippen LogP contribution in [0, 0.1) is 6.92 Å². The molecule has 1 aliphatic heterocycles. The zero-order valence-electron chi connectivity index (χ0n) is 11.8. The van der Waals surface area contributed by atoms with Gasteiger partial charge >= 0.3 is 0 Å². The minimum atomic E-state index is -0.0308. The summed E-state index contributed by atoms with van der Waals surface area (Å²) >= 11 is 1.67. The maximum atomic E-state index is 12.2. The molecule has 0 saturated heterocycles. The molecule has 1 aromatic carbocycles. The van der Waals surface area contributed by atoms with Gasteiger partial charge in [-0.05, 0) is 49.4 Å². The number of carbonyl (C=O) groups excluding carboxylic acids is 1. The lowest BCUT2D eigenvalue weighted by Crippen LogP contribution is -1.98. The first-order chi connectivity index (χ1) is 10.2. The fraction of sp³-hybridized carbons (Fsp3) is 0.235. The van der Waals surface area contributed by atoms with E-state index in [0.717, 1.165) is 11.3 Å². The van der Waals surface area contributed by atoms with Crippen molar-refractivity contribution in [3.63, 3.8) is 0 Å². The Hall–Kier alpha value is -2.07. The van der Waals surface area contributed by atoms with E-state index in [1.165, 1.54) is 4.88 Å². The van der Waals surface area contributed by atoms with Gasteiger partial charge in [-0.2, -0.15) is 0 Å². The van der Waals surface area contributed by atoms with Crippen molar-refractivity contribution >= 4 is 23.2 Å². The molecule has 0 spiro atoms. The second kappa shape index (κ2) is 6.14. The maximum Gasteiger partial charge on any atom is 0.186 e. The third-order valence-corrected chi connectivity index (χ3v) is 4.16. The lowest BCUT2D eigenvalue weighted by molar-refractivity contribution is 0.104. The molecular weight excluding hydrogens is 284 g/mol. The minimum absolute atomic E-state index is 0.0308. The highest BCUT2D eigenvalue weighted by Gasteiger charge is 2.12. The molecule has 0 N–H and O–H groups in total. The van der Waals surface area contributed by atoms with Gasteiger partial charge in [-0.25, -0.2) is 0 Å². The van der Waals surface area contributed by atoms with E-state index in [9.17, 15) is 4.79 Å². The van der Waals surface area contributed by atoms with Crippen LogP contribution >= 0.6 is 11.3 Å². The average Bonchev–Trinajstić information content (AvgIpc) is 2.77. The van der Waals surface area contributed by atoms with E-state index in [1.807, 2.05) is 25.1 Å². The van der Waals surface area contributed by atoms with Gasteiger partial charge in [0.05, 0.1) is 13.2 Å². The molecule has 0 saturated carbocycles. The van der Waals surface area contributed by atoms with Crippen LogP contribution in [0.3, 0.4) is 0 Å². The van der Waals surface area contributed by atoms with Gasteiger partial charge in [0, 0.05) is 21.7 Å². The molecular formula is C17H16O3S. The van der Waals surface area contributed by atoms with Crippen LogP contribution in [0.2, 0.25) is 0 Å². The quantitative estimate of drug-likeness (QED) is 0.632. The summed E-state index contributed by atoms with van der Waals surface area (Å²) < 4.78 is 11.2. The van der Waals surface area contributed by atoms with Crippen molar-refractivity contribution in [1.29, 1.82) is 0 Å². The number of carbonyl (C=O) groups is 1. The molecule has 2 heterocycles. The van der Waals surface area contributed by atoms with Crippen molar-refractivity contribution in [3.8, 4) is 11.5 Å². The van der Waals surface area contributed by atoms with Crippen LogP contribution in [-0.2, 0) is 0 Å². The Labute approximate surface area is 127 Å². The summed E-state index contributed by atoms with van der Waals surface area (Å²) in [6, 6.07) is 9.39. The number of fused-ring (bicyclic) bond motifs is 1. The van der Waals surface area contributed by atoms with Gasteiger partial charge in [0.1, 0.15) is 0 Å². The standard InChI is InChI=1S/C17H16O3S/c1-12-3-5-14(21-12)6-7-15(18)13-4-8-16-17(11-13)20-10-2-9-19-16/h3-8,11H,2,9-10H2,1H3/b7-6+. The number of benzene rings is 1. The third kappa shape index (κ3) is 3.34. The van der Waals surface area contributed by atoms with Crippen molar-refractivity contribution in [2.75, 3.05) is 13.2 Å². The van der Waals surface area contributed by atoms with Crippen molar-refractivity contribution in [2.24, 2.45) is 0 Å². The highest BCUT2D eigenvalue weighted by Crippen LogP contribution is 2.30. The first-order valence-corrected chi connectivity index (χ1v) is 7.72. The Kier molecular flexibility index (Phi) is 4.06. The van der Waals surface area contributed by atoms with Gasteiger partial charge in [0.2, 0.25) is 0 Å². The topological polar surface area (TPSA) is 35.5 Å². The SMILES string of the molecule is Cc1ccc(/C=C/C(=O)c2ccc3c(c2)OCCCO3)s1. The summed E-state index contributed by atoms with van der Waals surface area (Å²) in [6.45, 7) is 3.32. The van der Waals surface area contributed by atoms with Crippen molar-refractivity contribution in [1.82, 2.24) is 0 Å². The van der Waals surface area contributed by atoms with Gasteiger partial charge in [0.15, 0.2) is 17.3 Å². The number of ether oxygens (including phenoxy) is 2. The normalized spacial score (nSPS) is 14.1. The number of thiophene rings is 1. The van der Waals surface area contributed by atoms with Gasteiger partial charge in [-0.15, -0.1) is 11.3 Å². The van der Waals surface area contributed by atoms with E-state index in [4.69, 9.17) is 9.47 Å². The molecule has 0 radical (unpaired) electrons. The zero-order valence-corrected chi connectivity index (χ0v) is 12.6. The molecule has 0 atom stereocenters. The van der Waals surface area contributed by atoms with Crippen LogP contribution in [0.5, 0.6) is 11.5 Å². The van der Waals surface area contributed by atoms with E-state index in [-0.39, 0.29) is 5.78 Å². The van der Waals surface area contributed by atoms with Gasteiger partial charge in [-0.3, -0.25) is 4.79 Å². The molecule has 3 nitrogen and oxygen atoms in total. The van der Waals surface area contributed by atoms with Crippen molar-refractivity contribution < 1.29 is 14.3 Å². The predicted octanol–water partition coefficient (Wildman–Crippen LogP) is 4.11. The van der Waals surface area contributed by atoms with Crippen LogP contribution in [0.25, 0.3) is 6.08 Å². The second-order valence-corrected chi connectivity index (χ2v) is 6.18. The number of allylic oxidation sites excluding steroid dienone is 1. The maximum absolute atomic E-state index is 12.2. The van der Waals surface area contributed by atoms with E-state index in [1.54, 1.807) is 35.6 Å². The number of hydrogen-bond acceptors (Lipinski definition) is 4. The predicted molar refractivity (Wildman–Crippen MR) is 84.5 cm³/mol. The summed E-state index contributed by atoms with van der Waals surface area (Å²) in [5.74, 6) is 1.33. The van der Waals surface area contributed by atoms with Crippen LogP contribution in [0.15, 0.2) is 36.4 Å². The minimum Gasteiger partial charge on any atom is -0.490 e. The van der Waals surface area contributed by atoms with Gasteiger partial charge in [0.25, 0.3) is 0 Å². The van der Waals surface area contributed by atoms with Gasteiger partial charge < -0.3 is 9.47 Å². The Morgan fingerprint density at radius 3 is 2.71 bits per heavy atom. The lowest BCUT2D eigenvalue weighted by Gasteiger charge is -2.07. The second-order valence-electron chi connectivity index (χ2n) is 4.86. The highest BCUT2D eigenvalue weighted by atomic mass is 32.1. The number of rotatable bonds is 3. The average molecular weight is 300 g/mol. The molecule has 4 heteroatoms. The van der Waals surface area contributed by atoms with Crippen LogP contribution < -0.4 is 9.47 Å². The van der Waals surface area contributed by atoms with Crippen molar-refractivity contribution in [2.45, 2.75) is 13.3 Å². The largest absolute Gasteiger partial charge is 0.490 e. The summed E-state index contributed by atoms with van der Waals surface area (Å²) in [5, 5.41) is 0. The molecule has 0 aliphatic carbocycles. The smallest absolute Gasteiger partial charge is 0.186 e. The lowest BCUT2D eigenvalue weighted by atomic mass is 10.1. The first-order valence-electron chi connectivity index (χ1n) is 6.91. The van der Waals surface area contributed by atoms with Crippen LogP contribution in [0.1, 0.15) is 26.5 Å². The summed E-state index contributed by atoms with van der Waals surface area (Å²) in [6.07, 6.45) is 4.31. The molecule has 0 amide bonds. The fourth-order valence-electron chi connectivity index (χ4n) is 2.11. The molecule has 1 aliphatic rings. The zero-order chi connectivity index (χ0) is 14.7. The van der Waals surface area contributed by atoms with Crippen LogP contribution in [-0.4, -0.2) is 19.0 Å². The molecule has 108 valence electrons. The number of aryl methyl sites for hydroxylation is 1. The van der Waals surface area contributed by atoms with E-state index >= 15 is 0 Å². The molecule has 0 fully saturated rings. The van der Waals surface area contributed by atoms with E-state index in [2.05, 4.69) is 0 Å². The molecule has 0 unspecified atom stereocenters. The van der Waals surface area contributed by atoms with E-state index < -0.39 is 0 Å². The molecule has 3 rings (SSSR count). The summed E-state index contributed by atoms with van der Waals surface area (Å²) in [5.41, 5.74) is 0.615. The first kappa shape index (κ1) is 13.9. The highest BCUT2D eigenvalue weighted by molar-refractivity contribution is 7.12. The molecule has 2 aromatic rings. The molecule has 0 bridgehead atoms.